The highest BCUT2D eigenvalue weighted by Crippen LogP contribution is 2.19. The largest absolute Gasteiger partial charge is 0.339 e. The third-order valence-corrected chi connectivity index (χ3v) is 5.59. The van der Waals surface area contributed by atoms with Gasteiger partial charge in [-0.3, -0.25) is 4.79 Å². The van der Waals surface area contributed by atoms with Gasteiger partial charge in [0, 0.05) is 25.0 Å². The molecule has 1 unspecified atom stereocenters. The van der Waals surface area contributed by atoms with Gasteiger partial charge in [0.05, 0.1) is 11.5 Å². The van der Waals surface area contributed by atoms with Crippen LogP contribution >= 0.6 is 0 Å². The van der Waals surface area contributed by atoms with Crippen molar-refractivity contribution in [2.45, 2.75) is 65.0 Å². The van der Waals surface area contributed by atoms with E-state index in [0.29, 0.717) is 25.4 Å². The van der Waals surface area contributed by atoms with E-state index in [4.69, 9.17) is 0 Å². The van der Waals surface area contributed by atoms with Crippen molar-refractivity contribution in [1.82, 2.24) is 10.2 Å². The van der Waals surface area contributed by atoms with Crippen LogP contribution < -0.4 is 5.32 Å². The van der Waals surface area contributed by atoms with Crippen molar-refractivity contribution in [2.24, 2.45) is 0 Å². The third-order valence-electron chi connectivity index (χ3n) is 3.84. The Balaban J connectivity index is 2.50. The zero-order chi connectivity index (χ0) is 15.9. The van der Waals surface area contributed by atoms with Crippen molar-refractivity contribution in [3.8, 4) is 0 Å². The molecule has 1 aliphatic heterocycles. The van der Waals surface area contributed by atoms with Gasteiger partial charge in [-0.05, 0) is 25.8 Å². The van der Waals surface area contributed by atoms with Crippen LogP contribution in [-0.4, -0.2) is 55.9 Å². The highest BCUT2D eigenvalue weighted by molar-refractivity contribution is 7.91. The highest BCUT2D eigenvalue weighted by atomic mass is 32.2. The molecule has 124 valence electrons. The SMILES string of the molecule is CCCCN(C(=O)CCCNC(C)C)C1CCS(=O)(=O)C1. The Kier molecular flexibility index (Phi) is 7.66. The lowest BCUT2D eigenvalue weighted by atomic mass is 10.1. The van der Waals surface area contributed by atoms with E-state index in [1.54, 1.807) is 0 Å². The van der Waals surface area contributed by atoms with E-state index in [9.17, 15) is 13.2 Å². The molecule has 0 aromatic heterocycles. The molecule has 5 nitrogen and oxygen atoms in total. The number of nitrogens with one attached hydrogen (secondary N) is 1. The molecule has 0 aromatic rings. The quantitative estimate of drug-likeness (QED) is 0.656. The van der Waals surface area contributed by atoms with Gasteiger partial charge < -0.3 is 10.2 Å². The maximum absolute atomic E-state index is 12.4. The van der Waals surface area contributed by atoms with Crippen LogP contribution in [0.4, 0.5) is 0 Å². The predicted octanol–water partition coefficient (Wildman–Crippen LogP) is 1.58. The fourth-order valence-electron chi connectivity index (χ4n) is 2.63. The first-order valence-corrected chi connectivity index (χ1v) is 9.91. The van der Waals surface area contributed by atoms with Crippen LogP contribution in [0, 0.1) is 0 Å². The van der Waals surface area contributed by atoms with Crippen LogP contribution in [0.2, 0.25) is 0 Å². The molecule has 0 spiro atoms. The third kappa shape index (κ3) is 6.78. The molecule has 1 saturated heterocycles. The van der Waals surface area contributed by atoms with Gasteiger partial charge in [-0.25, -0.2) is 8.42 Å². The topological polar surface area (TPSA) is 66.5 Å². The van der Waals surface area contributed by atoms with Gasteiger partial charge in [-0.1, -0.05) is 27.2 Å². The molecule has 6 heteroatoms. The minimum atomic E-state index is -2.94. The second-order valence-electron chi connectivity index (χ2n) is 6.21. The maximum atomic E-state index is 12.4. The molecular weight excluding hydrogens is 288 g/mol. The molecule has 0 aliphatic carbocycles. The number of hydrogen-bond donors (Lipinski definition) is 1. The summed E-state index contributed by atoms with van der Waals surface area (Å²) >= 11 is 0. The summed E-state index contributed by atoms with van der Waals surface area (Å²) in [6.45, 7) is 7.76. The second kappa shape index (κ2) is 8.73. The molecule has 1 N–H and O–H groups in total. The Morgan fingerprint density at radius 2 is 2.05 bits per heavy atom. The predicted molar refractivity (Wildman–Crippen MR) is 86.1 cm³/mol. The first-order valence-electron chi connectivity index (χ1n) is 8.09. The summed E-state index contributed by atoms with van der Waals surface area (Å²) in [4.78, 5) is 14.2. The standard InChI is InChI=1S/C15H30N2O3S/c1-4-5-10-17(14-8-11-21(19,20)12-14)15(18)7-6-9-16-13(2)3/h13-14,16H,4-12H2,1-3H3. The van der Waals surface area contributed by atoms with Crippen LogP contribution in [0.3, 0.4) is 0 Å². The normalized spacial score (nSPS) is 20.9. The summed E-state index contributed by atoms with van der Waals surface area (Å²) < 4.78 is 23.3. The van der Waals surface area contributed by atoms with Crippen LogP contribution in [-0.2, 0) is 14.6 Å². The van der Waals surface area contributed by atoms with Gasteiger partial charge in [0.15, 0.2) is 9.84 Å². The summed E-state index contributed by atoms with van der Waals surface area (Å²) in [5.41, 5.74) is 0. The molecular formula is C15H30N2O3S. The van der Waals surface area contributed by atoms with E-state index in [1.165, 1.54) is 0 Å². The first kappa shape index (κ1) is 18.4. The van der Waals surface area contributed by atoms with Crippen molar-refractivity contribution in [1.29, 1.82) is 0 Å². The summed E-state index contributed by atoms with van der Waals surface area (Å²) in [7, 11) is -2.94. The second-order valence-corrected chi connectivity index (χ2v) is 8.44. The van der Waals surface area contributed by atoms with Crippen molar-refractivity contribution in [3.63, 3.8) is 0 Å². The average molecular weight is 318 g/mol. The van der Waals surface area contributed by atoms with E-state index in [2.05, 4.69) is 26.1 Å². The van der Waals surface area contributed by atoms with Crippen LogP contribution in [0.1, 0.15) is 52.9 Å². The summed E-state index contributed by atoms with van der Waals surface area (Å²) in [6, 6.07) is 0.323. The minimum absolute atomic E-state index is 0.105. The lowest BCUT2D eigenvalue weighted by Gasteiger charge is -2.28. The number of carbonyl (C=O) groups excluding carboxylic acids is 1. The Bertz CT molecular complexity index is 421. The molecule has 1 atom stereocenters. The van der Waals surface area contributed by atoms with Gasteiger partial charge in [0.1, 0.15) is 0 Å². The number of amides is 1. The van der Waals surface area contributed by atoms with Gasteiger partial charge in [0.25, 0.3) is 0 Å². The van der Waals surface area contributed by atoms with Crippen molar-refractivity contribution in [2.75, 3.05) is 24.6 Å². The average Bonchev–Trinajstić information content (AvgIpc) is 2.75. The van der Waals surface area contributed by atoms with E-state index >= 15 is 0 Å². The van der Waals surface area contributed by atoms with E-state index < -0.39 is 9.84 Å². The molecule has 1 amide bonds. The van der Waals surface area contributed by atoms with Crippen LogP contribution in [0.25, 0.3) is 0 Å². The van der Waals surface area contributed by atoms with Crippen LogP contribution in [0.15, 0.2) is 0 Å². The van der Waals surface area contributed by atoms with Crippen molar-refractivity contribution < 1.29 is 13.2 Å². The highest BCUT2D eigenvalue weighted by Gasteiger charge is 2.33. The molecule has 0 radical (unpaired) electrons. The lowest BCUT2D eigenvalue weighted by Crippen LogP contribution is -2.42. The molecule has 0 aromatic carbocycles. The van der Waals surface area contributed by atoms with E-state index in [0.717, 1.165) is 25.8 Å². The monoisotopic (exact) mass is 318 g/mol. The number of unbranched alkanes of at least 4 members (excludes halogenated alkanes) is 1. The van der Waals surface area contributed by atoms with E-state index in [-0.39, 0.29) is 23.5 Å². The van der Waals surface area contributed by atoms with Crippen molar-refractivity contribution >= 4 is 15.7 Å². The molecule has 1 aliphatic rings. The maximum Gasteiger partial charge on any atom is 0.222 e. The lowest BCUT2D eigenvalue weighted by molar-refractivity contribution is -0.133. The summed E-state index contributed by atoms with van der Waals surface area (Å²) in [5, 5.41) is 3.30. The smallest absolute Gasteiger partial charge is 0.222 e. The van der Waals surface area contributed by atoms with Gasteiger partial charge in [-0.15, -0.1) is 0 Å². The Hall–Kier alpha value is -0.620. The molecule has 1 heterocycles. The molecule has 0 saturated carbocycles. The van der Waals surface area contributed by atoms with Crippen LogP contribution in [0.5, 0.6) is 0 Å². The zero-order valence-corrected chi connectivity index (χ0v) is 14.4. The minimum Gasteiger partial charge on any atom is -0.339 e. The fourth-order valence-corrected chi connectivity index (χ4v) is 4.37. The Morgan fingerprint density at radius 1 is 1.33 bits per heavy atom. The van der Waals surface area contributed by atoms with Gasteiger partial charge >= 0.3 is 0 Å². The number of nitrogens with zero attached hydrogens (tertiary/aromatic N) is 1. The zero-order valence-electron chi connectivity index (χ0n) is 13.6. The molecule has 1 fully saturated rings. The van der Waals surface area contributed by atoms with E-state index in [1.807, 2.05) is 4.90 Å². The molecule has 1 rings (SSSR count). The van der Waals surface area contributed by atoms with Gasteiger partial charge in [-0.2, -0.15) is 0 Å². The number of hydrogen-bond acceptors (Lipinski definition) is 4. The Morgan fingerprint density at radius 3 is 2.57 bits per heavy atom. The number of rotatable bonds is 9. The first-order chi connectivity index (χ1) is 9.85. The number of sulfone groups is 1. The van der Waals surface area contributed by atoms with Crippen molar-refractivity contribution in [3.05, 3.63) is 0 Å². The summed E-state index contributed by atoms with van der Waals surface area (Å²) in [5.74, 6) is 0.478. The molecule has 0 bridgehead atoms. The van der Waals surface area contributed by atoms with Gasteiger partial charge in [0.2, 0.25) is 5.91 Å². The summed E-state index contributed by atoms with van der Waals surface area (Å²) in [6.07, 6.45) is 3.85. The Labute approximate surface area is 129 Å². The molecule has 21 heavy (non-hydrogen) atoms. The fraction of sp³-hybridized carbons (Fsp3) is 0.933. The number of carbonyl (C=O) groups is 1.